The molecule has 21 heavy (non-hydrogen) atoms. The molecule has 1 heterocycles. The summed E-state index contributed by atoms with van der Waals surface area (Å²) < 4.78 is 0. The van der Waals surface area contributed by atoms with Gasteiger partial charge in [0.2, 0.25) is 0 Å². The van der Waals surface area contributed by atoms with E-state index in [9.17, 15) is 0 Å². The Bertz CT molecular complexity index is 586. The number of nitrogens with one attached hydrogen (secondary N) is 2. The zero-order chi connectivity index (χ0) is 15.1. The largest absolute Gasteiger partial charge is 0.370 e. The lowest BCUT2D eigenvalue weighted by molar-refractivity contribution is 0.921. The molecule has 112 valence electrons. The van der Waals surface area contributed by atoms with Crippen molar-refractivity contribution in [3.8, 4) is 0 Å². The van der Waals surface area contributed by atoms with Crippen LogP contribution in [0, 0.1) is 0 Å². The number of nitrogens with zero attached hydrogens (tertiary/aromatic N) is 2. The Hall–Kier alpha value is -1.75. The van der Waals surface area contributed by atoms with Crippen molar-refractivity contribution in [2.45, 2.75) is 31.8 Å². The van der Waals surface area contributed by atoms with Crippen LogP contribution in [0.1, 0.15) is 25.8 Å². The molecule has 0 amide bonds. The number of thioether (sulfide) groups is 1. The zero-order valence-corrected chi connectivity index (χ0v) is 13.6. The van der Waals surface area contributed by atoms with Crippen LogP contribution >= 0.6 is 11.8 Å². The van der Waals surface area contributed by atoms with E-state index in [-0.39, 0.29) is 0 Å². The van der Waals surface area contributed by atoms with Crippen LogP contribution in [-0.4, -0.2) is 22.8 Å². The predicted molar refractivity (Wildman–Crippen MR) is 91.7 cm³/mol. The van der Waals surface area contributed by atoms with Gasteiger partial charge in [0.1, 0.15) is 11.6 Å². The number of aryl methyl sites for hydroxylation is 1. The third-order valence-electron chi connectivity index (χ3n) is 3.05. The van der Waals surface area contributed by atoms with Gasteiger partial charge in [0.05, 0.1) is 0 Å². The Labute approximate surface area is 130 Å². The minimum Gasteiger partial charge on any atom is -0.370 e. The highest BCUT2D eigenvalue weighted by atomic mass is 32.2. The van der Waals surface area contributed by atoms with Gasteiger partial charge < -0.3 is 10.6 Å². The molecule has 2 rings (SSSR count). The second kappa shape index (κ2) is 7.88. The van der Waals surface area contributed by atoms with Crippen LogP contribution < -0.4 is 10.6 Å². The number of rotatable bonds is 7. The van der Waals surface area contributed by atoms with Gasteiger partial charge in [-0.3, -0.25) is 0 Å². The minimum atomic E-state index is 0.768. The molecule has 0 bridgehead atoms. The van der Waals surface area contributed by atoms with E-state index in [4.69, 9.17) is 0 Å². The summed E-state index contributed by atoms with van der Waals surface area (Å²) in [7, 11) is 0. The van der Waals surface area contributed by atoms with Crippen molar-refractivity contribution in [2.24, 2.45) is 0 Å². The fourth-order valence-electron chi connectivity index (χ4n) is 2.12. The standard InChI is InChI=1S/C16H22N4S/c1-4-8-12-9-6-7-10-13(12)18-15-11-14(17-5-2)19-16(20-15)21-3/h6-7,9-11H,4-5,8H2,1-3H3,(H2,17,18,19,20). The lowest BCUT2D eigenvalue weighted by Gasteiger charge is -2.13. The summed E-state index contributed by atoms with van der Waals surface area (Å²) in [6, 6.07) is 10.3. The van der Waals surface area contributed by atoms with E-state index in [1.54, 1.807) is 11.8 Å². The maximum Gasteiger partial charge on any atom is 0.191 e. The summed E-state index contributed by atoms with van der Waals surface area (Å²) in [6.07, 6.45) is 4.17. The van der Waals surface area contributed by atoms with Gasteiger partial charge >= 0.3 is 0 Å². The quantitative estimate of drug-likeness (QED) is 0.589. The smallest absolute Gasteiger partial charge is 0.191 e. The van der Waals surface area contributed by atoms with Crippen molar-refractivity contribution in [3.63, 3.8) is 0 Å². The van der Waals surface area contributed by atoms with Gasteiger partial charge in [0, 0.05) is 18.3 Å². The fraction of sp³-hybridized carbons (Fsp3) is 0.375. The average Bonchev–Trinajstić information content (AvgIpc) is 2.49. The molecule has 0 saturated carbocycles. The number of hydrogen-bond donors (Lipinski definition) is 2. The van der Waals surface area contributed by atoms with Crippen LogP contribution in [0.3, 0.4) is 0 Å². The topological polar surface area (TPSA) is 49.8 Å². The average molecular weight is 302 g/mol. The second-order valence-electron chi connectivity index (χ2n) is 4.69. The SMILES string of the molecule is CCCc1ccccc1Nc1cc(NCC)nc(SC)n1. The normalized spacial score (nSPS) is 10.4. The molecule has 0 aliphatic carbocycles. The molecule has 4 nitrogen and oxygen atoms in total. The van der Waals surface area contributed by atoms with E-state index < -0.39 is 0 Å². The predicted octanol–water partition coefficient (Wildman–Crippen LogP) is 4.33. The molecule has 2 N–H and O–H groups in total. The monoisotopic (exact) mass is 302 g/mol. The highest BCUT2D eigenvalue weighted by Crippen LogP contribution is 2.24. The Morgan fingerprint density at radius 2 is 1.86 bits per heavy atom. The molecule has 0 aliphatic heterocycles. The highest BCUT2D eigenvalue weighted by molar-refractivity contribution is 7.98. The van der Waals surface area contributed by atoms with E-state index >= 15 is 0 Å². The number of aromatic nitrogens is 2. The third kappa shape index (κ3) is 4.36. The first-order valence-electron chi connectivity index (χ1n) is 7.28. The van der Waals surface area contributed by atoms with Gasteiger partial charge in [-0.25, -0.2) is 9.97 Å². The molecule has 2 aromatic rings. The van der Waals surface area contributed by atoms with Gasteiger partial charge in [-0.2, -0.15) is 0 Å². The summed E-state index contributed by atoms with van der Waals surface area (Å²) in [5, 5.41) is 7.44. The highest BCUT2D eigenvalue weighted by Gasteiger charge is 2.06. The van der Waals surface area contributed by atoms with Crippen molar-refractivity contribution >= 4 is 29.1 Å². The maximum absolute atomic E-state index is 4.53. The number of anilines is 3. The summed E-state index contributed by atoms with van der Waals surface area (Å²) in [4.78, 5) is 8.97. The molecule has 0 spiro atoms. The second-order valence-corrected chi connectivity index (χ2v) is 5.46. The van der Waals surface area contributed by atoms with Crippen LogP contribution in [0.4, 0.5) is 17.3 Å². The molecule has 0 aliphatic rings. The summed E-state index contributed by atoms with van der Waals surface area (Å²) in [5.41, 5.74) is 2.43. The lowest BCUT2D eigenvalue weighted by Crippen LogP contribution is -2.04. The van der Waals surface area contributed by atoms with Gasteiger partial charge in [-0.1, -0.05) is 43.3 Å². The molecule has 0 radical (unpaired) electrons. The van der Waals surface area contributed by atoms with Crippen molar-refractivity contribution in [2.75, 3.05) is 23.4 Å². The minimum absolute atomic E-state index is 0.768. The third-order valence-corrected chi connectivity index (χ3v) is 3.59. The Kier molecular flexibility index (Phi) is 5.87. The van der Waals surface area contributed by atoms with Gasteiger partial charge in [0.25, 0.3) is 0 Å². The molecular weight excluding hydrogens is 280 g/mol. The van der Waals surface area contributed by atoms with E-state index in [0.717, 1.165) is 41.9 Å². The summed E-state index contributed by atoms with van der Waals surface area (Å²) >= 11 is 1.55. The van der Waals surface area contributed by atoms with Gasteiger partial charge in [0.15, 0.2) is 5.16 Å². The molecule has 1 aromatic carbocycles. The zero-order valence-electron chi connectivity index (χ0n) is 12.8. The van der Waals surface area contributed by atoms with Crippen LogP contribution in [0.25, 0.3) is 0 Å². The lowest BCUT2D eigenvalue weighted by atomic mass is 10.1. The van der Waals surface area contributed by atoms with Crippen LogP contribution in [-0.2, 0) is 6.42 Å². The van der Waals surface area contributed by atoms with E-state index in [2.05, 4.69) is 52.6 Å². The van der Waals surface area contributed by atoms with Crippen LogP contribution in [0.15, 0.2) is 35.5 Å². The Morgan fingerprint density at radius 3 is 2.57 bits per heavy atom. The van der Waals surface area contributed by atoms with E-state index in [0.29, 0.717) is 0 Å². The van der Waals surface area contributed by atoms with Gasteiger partial charge in [-0.05, 0) is 31.2 Å². The molecular formula is C16H22N4S. The molecule has 0 fully saturated rings. The molecule has 0 saturated heterocycles. The van der Waals surface area contributed by atoms with Crippen molar-refractivity contribution in [1.29, 1.82) is 0 Å². The molecule has 5 heteroatoms. The summed E-state index contributed by atoms with van der Waals surface area (Å²) in [5.74, 6) is 1.68. The van der Waals surface area contributed by atoms with Crippen molar-refractivity contribution in [3.05, 3.63) is 35.9 Å². The van der Waals surface area contributed by atoms with Crippen LogP contribution in [0.5, 0.6) is 0 Å². The first kappa shape index (κ1) is 15.6. The van der Waals surface area contributed by atoms with Crippen molar-refractivity contribution < 1.29 is 0 Å². The Balaban J connectivity index is 2.28. The first-order chi connectivity index (χ1) is 10.3. The number of hydrogen-bond acceptors (Lipinski definition) is 5. The first-order valence-corrected chi connectivity index (χ1v) is 8.51. The van der Waals surface area contributed by atoms with E-state index in [1.165, 1.54) is 5.56 Å². The Morgan fingerprint density at radius 1 is 1.10 bits per heavy atom. The molecule has 0 atom stereocenters. The molecule has 1 aromatic heterocycles. The maximum atomic E-state index is 4.53. The number of para-hydroxylation sites is 1. The number of benzene rings is 1. The van der Waals surface area contributed by atoms with Crippen LogP contribution in [0.2, 0.25) is 0 Å². The van der Waals surface area contributed by atoms with Crippen molar-refractivity contribution in [1.82, 2.24) is 9.97 Å². The van der Waals surface area contributed by atoms with E-state index in [1.807, 2.05) is 18.4 Å². The van der Waals surface area contributed by atoms with Gasteiger partial charge in [-0.15, -0.1) is 0 Å². The molecule has 0 unspecified atom stereocenters. The fourth-order valence-corrected chi connectivity index (χ4v) is 2.50. The summed E-state index contributed by atoms with van der Waals surface area (Å²) in [6.45, 7) is 5.10.